The molecule has 4 aliphatic carbocycles. The maximum absolute atomic E-state index is 3.32. The Kier molecular flexibility index (Phi) is 6.51. The fourth-order valence-electron chi connectivity index (χ4n) is 13.0. The molecular formula is C44H48N2S. The van der Waals surface area contributed by atoms with Gasteiger partial charge in [-0.05, 0) is 115 Å². The van der Waals surface area contributed by atoms with Crippen LogP contribution >= 0.6 is 11.8 Å². The summed E-state index contributed by atoms with van der Waals surface area (Å²) in [5.41, 5.74) is 5.57. The van der Waals surface area contributed by atoms with E-state index in [1.165, 1.54) is 109 Å². The summed E-state index contributed by atoms with van der Waals surface area (Å²) >= 11 is 2.49. The topological polar surface area (TPSA) is 8.17 Å². The number of aromatic nitrogens is 1. The molecule has 0 radical (unpaired) electrons. The maximum Gasteiger partial charge on any atom is 0.0550 e. The Balaban J connectivity index is 1.02. The molecule has 5 aromatic rings. The number of hydrogen-bond acceptors (Lipinski definition) is 2. The van der Waals surface area contributed by atoms with E-state index in [2.05, 4.69) is 106 Å². The van der Waals surface area contributed by atoms with Gasteiger partial charge < -0.3 is 4.57 Å². The molecular weight excluding hydrogens is 589 g/mol. The van der Waals surface area contributed by atoms with Gasteiger partial charge in [0.1, 0.15) is 0 Å². The highest BCUT2D eigenvalue weighted by molar-refractivity contribution is 8.00. The monoisotopic (exact) mass is 636 g/mol. The summed E-state index contributed by atoms with van der Waals surface area (Å²) in [5, 5.41) is 7.37. The van der Waals surface area contributed by atoms with Crippen molar-refractivity contribution in [2.24, 2.45) is 23.7 Å². The Hall–Kier alpha value is -2.75. The van der Waals surface area contributed by atoms with Gasteiger partial charge in [0.2, 0.25) is 0 Å². The zero-order valence-corrected chi connectivity index (χ0v) is 28.5. The zero-order chi connectivity index (χ0) is 30.6. The first kappa shape index (κ1) is 28.1. The van der Waals surface area contributed by atoms with Crippen molar-refractivity contribution in [2.75, 3.05) is 0 Å². The van der Waals surface area contributed by atoms with Crippen molar-refractivity contribution in [3.63, 3.8) is 0 Å². The average molecular weight is 637 g/mol. The van der Waals surface area contributed by atoms with Crippen LogP contribution in [0.25, 0.3) is 38.3 Å². The minimum absolute atomic E-state index is 0.627. The lowest BCUT2D eigenvalue weighted by atomic mass is 9.53. The van der Waals surface area contributed by atoms with Gasteiger partial charge in [0.25, 0.3) is 0 Å². The Morgan fingerprint density at radius 2 is 1.32 bits per heavy atom. The minimum Gasteiger partial charge on any atom is -0.309 e. The average Bonchev–Trinajstić information content (AvgIpc) is 3.47. The fourth-order valence-corrected chi connectivity index (χ4v) is 15.0. The van der Waals surface area contributed by atoms with Gasteiger partial charge >= 0.3 is 0 Å². The van der Waals surface area contributed by atoms with E-state index < -0.39 is 0 Å². The summed E-state index contributed by atoms with van der Waals surface area (Å²) in [7, 11) is 0. The van der Waals surface area contributed by atoms with Crippen molar-refractivity contribution >= 4 is 44.3 Å². The number of nitrogens with zero attached hydrogens (tertiary/aromatic N) is 2. The highest BCUT2D eigenvalue weighted by Gasteiger charge is 2.60. The second kappa shape index (κ2) is 10.9. The van der Waals surface area contributed by atoms with Gasteiger partial charge in [-0.3, -0.25) is 4.90 Å². The van der Waals surface area contributed by atoms with Gasteiger partial charge in [0.15, 0.2) is 0 Å². The van der Waals surface area contributed by atoms with Crippen molar-refractivity contribution in [1.29, 1.82) is 0 Å². The lowest BCUT2D eigenvalue weighted by Gasteiger charge is -2.67. The number of hydrogen-bond donors (Lipinski definition) is 0. The van der Waals surface area contributed by atoms with Crippen LogP contribution in [-0.2, 0) is 0 Å². The lowest BCUT2D eigenvalue weighted by molar-refractivity contribution is -0.138. The molecule has 6 fully saturated rings. The quantitative estimate of drug-likeness (QED) is 0.190. The molecule has 2 nitrogen and oxygen atoms in total. The molecule has 0 amide bonds. The summed E-state index contributed by atoms with van der Waals surface area (Å²) in [4.78, 5) is 3.32. The molecule has 47 heavy (non-hydrogen) atoms. The Morgan fingerprint density at radius 3 is 2.21 bits per heavy atom. The summed E-state index contributed by atoms with van der Waals surface area (Å²) in [5.74, 6) is 4.72. The molecule has 1 aromatic heterocycles. The van der Waals surface area contributed by atoms with Crippen molar-refractivity contribution < 1.29 is 0 Å². The first-order valence-corrected chi connectivity index (χ1v) is 20.2. The molecule has 0 N–H and O–H groups in total. The van der Waals surface area contributed by atoms with Gasteiger partial charge in [-0.25, -0.2) is 0 Å². The van der Waals surface area contributed by atoms with E-state index in [-0.39, 0.29) is 0 Å². The van der Waals surface area contributed by atoms with E-state index in [1.54, 1.807) is 12.0 Å². The second-order valence-electron chi connectivity index (χ2n) is 16.3. The molecule has 0 spiro atoms. The van der Waals surface area contributed by atoms with Crippen molar-refractivity contribution in [1.82, 2.24) is 9.47 Å². The first-order chi connectivity index (χ1) is 23.3. The predicted octanol–water partition coefficient (Wildman–Crippen LogP) is 11.1. The molecule has 3 heterocycles. The largest absolute Gasteiger partial charge is 0.309 e. The van der Waals surface area contributed by atoms with Crippen LogP contribution in [0.4, 0.5) is 0 Å². The van der Waals surface area contributed by atoms with Crippen molar-refractivity contribution in [2.45, 2.75) is 112 Å². The van der Waals surface area contributed by atoms with E-state index in [1.807, 2.05) is 0 Å². The molecule has 3 heteroatoms. The van der Waals surface area contributed by atoms with Gasteiger partial charge in [-0.15, -0.1) is 0 Å². The maximum atomic E-state index is 3.32. The van der Waals surface area contributed by atoms with E-state index >= 15 is 0 Å². The van der Waals surface area contributed by atoms with E-state index in [4.69, 9.17) is 0 Å². The van der Waals surface area contributed by atoms with Gasteiger partial charge in [-0.1, -0.05) is 92.8 Å². The summed E-state index contributed by atoms with van der Waals surface area (Å²) in [6.07, 6.45) is 17.7. The number of benzene rings is 4. The highest BCUT2D eigenvalue weighted by Crippen LogP contribution is 2.61. The first-order valence-electron chi connectivity index (χ1n) is 19.3. The second-order valence-corrected chi connectivity index (χ2v) is 17.8. The van der Waals surface area contributed by atoms with Gasteiger partial charge in [-0.2, -0.15) is 11.8 Å². The number of fused-ring (bicyclic) bond motifs is 9. The van der Waals surface area contributed by atoms with Crippen molar-refractivity contribution in [3.05, 3.63) is 90.5 Å². The molecule has 240 valence electrons. The van der Waals surface area contributed by atoms with Crippen LogP contribution in [0.5, 0.6) is 0 Å². The van der Waals surface area contributed by atoms with Crippen LogP contribution in [-0.4, -0.2) is 38.1 Å². The number of para-hydroxylation sites is 2. The van der Waals surface area contributed by atoms with E-state index in [9.17, 15) is 0 Å². The third kappa shape index (κ3) is 4.08. The van der Waals surface area contributed by atoms with Crippen LogP contribution in [0.2, 0.25) is 0 Å². The SMILES string of the molecule is c1ccc(-n2c3ccccc3c3c4ccccc4c(C4CCC5C(C4)SC4CCCC6C7CCCC8CCCC(C87)N5C46)cc32)cc1. The highest BCUT2D eigenvalue weighted by atomic mass is 32.2. The molecule has 11 rings (SSSR count). The smallest absolute Gasteiger partial charge is 0.0550 e. The summed E-state index contributed by atoms with van der Waals surface area (Å²) in [6.45, 7) is 0. The van der Waals surface area contributed by atoms with E-state index in [0.29, 0.717) is 5.92 Å². The number of rotatable bonds is 2. The van der Waals surface area contributed by atoms with Gasteiger partial charge in [0.05, 0.1) is 11.0 Å². The Morgan fingerprint density at radius 1 is 0.574 bits per heavy atom. The van der Waals surface area contributed by atoms with Crippen LogP contribution < -0.4 is 0 Å². The molecule has 4 saturated carbocycles. The molecule has 2 saturated heterocycles. The normalized spacial score (nSPS) is 36.6. The zero-order valence-electron chi connectivity index (χ0n) is 27.6. The Labute approximate surface area is 284 Å². The van der Waals surface area contributed by atoms with Crippen LogP contribution in [0.3, 0.4) is 0 Å². The van der Waals surface area contributed by atoms with E-state index in [0.717, 1.165) is 52.3 Å². The van der Waals surface area contributed by atoms with Crippen LogP contribution in [0, 0.1) is 23.7 Å². The number of piperidine rings is 1. The minimum atomic E-state index is 0.627. The molecule has 2 aliphatic heterocycles. The lowest BCUT2D eigenvalue weighted by Crippen LogP contribution is -2.72. The molecule has 4 aromatic carbocycles. The Bertz CT molecular complexity index is 1980. The summed E-state index contributed by atoms with van der Waals surface area (Å²) < 4.78 is 2.54. The standard InChI is InChI=1S/C44H48N2S/c1-2-13-29(14-3-1)45-36-20-7-6-17-34(36)43-31-16-5-4-15-30(31)35(26-39(43)45)28-23-24-37-41(25-28)47-40-22-10-19-33-32-18-8-11-27-12-9-21-38(42(27)32)46(37)44(33)40/h1-7,13-17,20,26-28,32-33,37-38,40-42,44H,8-12,18-19,21-25H2. The van der Waals surface area contributed by atoms with Crippen molar-refractivity contribution in [3.8, 4) is 5.69 Å². The molecule has 10 atom stereocenters. The molecule has 0 bridgehead atoms. The van der Waals surface area contributed by atoms with Crippen LogP contribution in [0.1, 0.15) is 88.5 Å². The number of thioether (sulfide) groups is 1. The predicted molar refractivity (Wildman–Crippen MR) is 199 cm³/mol. The summed E-state index contributed by atoms with van der Waals surface area (Å²) in [6, 6.07) is 34.8. The van der Waals surface area contributed by atoms with Crippen LogP contribution in [0.15, 0.2) is 84.9 Å². The molecule has 10 unspecified atom stereocenters. The fraction of sp³-hybridized carbons (Fsp3) is 0.500. The third-order valence-corrected chi connectivity index (χ3v) is 16.2. The molecule has 6 aliphatic rings. The van der Waals surface area contributed by atoms with Gasteiger partial charge in [0, 0.05) is 45.1 Å². The third-order valence-electron chi connectivity index (χ3n) is 14.4.